The van der Waals surface area contributed by atoms with Crippen LogP contribution in [0.2, 0.25) is 0 Å². The number of methoxy groups -OCH3 is 3. The van der Waals surface area contributed by atoms with Gasteiger partial charge < -0.3 is 23.8 Å². The molecule has 0 N–H and O–H groups in total. The third-order valence-corrected chi connectivity index (χ3v) is 5.24. The van der Waals surface area contributed by atoms with Crippen molar-refractivity contribution in [3.8, 4) is 22.4 Å². The van der Waals surface area contributed by atoms with E-state index in [0.29, 0.717) is 48.4 Å². The lowest BCUT2D eigenvalue weighted by Gasteiger charge is -2.18. The SMILES string of the molecule is COc1cc(OC)c(CCC(=O)N2CCC(Oc3nccs3)C2)c(OC)c1. The molecule has 1 unspecified atom stereocenters. The Bertz CT molecular complexity index is 740. The monoisotopic (exact) mass is 392 g/mol. The zero-order valence-corrected chi connectivity index (χ0v) is 16.6. The summed E-state index contributed by atoms with van der Waals surface area (Å²) in [4.78, 5) is 18.6. The molecule has 7 nitrogen and oxygen atoms in total. The molecule has 1 aliphatic heterocycles. The Hall–Kier alpha value is -2.48. The zero-order valence-electron chi connectivity index (χ0n) is 15.8. The maximum Gasteiger partial charge on any atom is 0.273 e. The van der Waals surface area contributed by atoms with E-state index in [2.05, 4.69) is 4.98 Å². The van der Waals surface area contributed by atoms with Crippen LogP contribution in [0.15, 0.2) is 23.7 Å². The third-order valence-electron chi connectivity index (χ3n) is 4.58. The van der Waals surface area contributed by atoms with E-state index in [9.17, 15) is 4.79 Å². The van der Waals surface area contributed by atoms with Crippen molar-refractivity contribution in [3.63, 3.8) is 0 Å². The quantitative estimate of drug-likeness (QED) is 0.688. The van der Waals surface area contributed by atoms with E-state index in [0.717, 1.165) is 12.0 Å². The Morgan fingerprint density at radius 3 is 2.56 bits per heavy atom. The van der Waals surface area contributed by atoms with Gasteiger partial charge in [-0.3, -0.25) is 4.79 Å². The molecule has 1 amide bonds. The van der Waals surface area contributed by atoms with Crippen LogP contribution in [0.25, 0.3) is 0 Å². The van der Waals surface area contributed by atoms with Gasteiger partial charge in [0.15, 0.2) is 0 Å². The van der Waals surface area contributed by atoms with Crippen LogP contribution in [0.1, 0.15) is 18.4 Å². The van der Waals surface area contributed by atoms with Crippen molar-refractivity contribution in [2.45, 2.75) is 25.4 Å². The van der Waals surface area contributed by atoms with Crippen molar-refractivity contribution in [3.05, 3.63) is 29.3 Å². The fourth-order valence-electron chi connectivity index (χ4n) is 3.18. The smallest absolute Gasteiger partial charge is 0.273 e. The first-order valence-electron chi connectivity index (χ1n) is 8.77. The maximum absolute atomic E-state index is 12.6. The molecule has 2 heterocycles. The van der Waals surface area contributed by atoms with Gasteiger partial charge in [-0.2, -0.15) is 0 Å². The lowest BCUT2D eigenvalue weighted by atomic mass is 10.1. The van der Waals surface area contributed by atoms with Gasteiger partial charge in [0.05, 0.1) is 27.9 Å². The maximum atomic E-state index is 12.6. The second-order valence-corrected chi connectivity index (χ2v) is 7.03. The summed E-state index contributed by atoms with van der Waals surface area (Å²) in [5.74, 6) is 2.07. The molecular weight excluding hydrogens is 368 g/mol. The summed E-state index contributed by atoms with van der Waals surface area (Å²) in [6, 6.07) is 3.60. The molecule has 0 aliphatic carbocycles. The number of nitrogens with zero attached hydrogens (tertiary/aromatic N) is 2. The molecule has 0 spiro atoms. The van der Waals surface area contributed by atoms with Crippen molar-refractivity contribution in [1.82, 2.24) is 9.88 Å². The minimum absolute atomic E-state index is 0.00478. The van der Waals surface area contributed by atoms with Crippen LogP contribution < -0.4 is 18.9 Å². The molecule has 3 rings (SSSR count). The second kappa shape index (κ2) is 8.94. The molecule has 1 aliphatic rings. The van der Waals surface area contributed by atoms with Crippen LogP contribution in [0.5, 0.6) is 22.4 Å². The van der Waals surface area contributed by atoms with E-state index < -0.39 is 0 Å². The second-order valence-electron chi connectivity index (χ2n) is 6.18. The molecule has 2 aromatic rings. The van der Waals surface area contributed by atoms with Gasteiger partial charge in [0, 0.05) is 48.7 Å². The van der Waals surface area contributed by atoms with Crippen LogP contribution in [0.4, 0.5) is 0 Å². The summed E-state index contributed by atoms with van der Waals surface area (Å²) in [6.07, 6.45) is 3.45. The molecule has 0 radical (unpaired) electrons. The lowest BCUT2D eigenvalue weighted by Crippen LogP contribution is -2.31. The van der Waals surface area contributed by atoms with Crippen molar-refractivity contribution < 1.29 is 23.7 Å². The number of hydrogen-bond donors (Lipinski definition) is 0. The summed E-state index contributed by atoms with van der Waals surface area (Å²) in [6.45, 7) is 1.29. The molecule has 1 fully saturated rings. The highest BCUT2D eigenvalue weighted by Gasteiger charge is 2.28. The highest BCUT2D eigenvalue weighted by molar-refractivity contribution is 7.11. The van der Waals surface area contributed by atoms with E-state index in [-0.39, 0.29) is 12.0 Å². The Morgan fingerprint density at radius 1 is 1.22 bits per heavy atom. The number of aromatic nitrogens is 1. The van der Waals surface area contributed by atoms with Crippen LogP contribution >= 0.6 is 11.3 Å². The Labute approximate surface area is 162 Å². The van der Waals surface area contributed by atoms with Crippen molar-refractivity contribution in [2.75, 3.05) is 34.4 Å². The molecule has 0 bridgehead atoms. The number of amides is 1. The molecule has 0 saturated carbocycles. The number of hydrogen-bond acceptors (Lipinski definition) is 7. The fourth-order valence-corrected chi connectivity index (χ4v) is 3.73. The van der Waals surface area contributed by atoms with Gasteiger partial charge in [0.1, 0.15) is 23.4 Å². The summed E-state index contributed by atoms with van der Waals surface area (Å²) >= 11 is 1.46. The number of thiazole rings is 1. The largest absolute Gasteiger partial charge is 0.496 e. The molecule has 1 aromatic heterocycles. The van der Waals surface area contributed by atoms with Crippen LogP contribution in [0.3, 0.4) is 0 Å². The van der Waals surface area contributed by atoms with E-state index in [4.69, 9.17) is 18.9 Å². The molecule has 1 saturated heterocycles. The fraction of sp³-hybridized carbons (Fsp3) is 0.474. The number of benzene rings is 1. The lowest BCUT2D eigenvalue weighted by molar-refractivity contribution is -0.130. The number of likely N-dealkylation sites (tertiary alicyclic amines) is 1. The molecular formula is C19H24N2O5S. The number of carbonyl (C=O) groups excluding carboxylic acids is 1. The van der Waals surface area contributed by atoms with E-state index in [1.54, 1.807) is 39.7 Å². The van der Waals surface area contributed by atoms with Crippen LogP contribution in [-0.4, -0.2) is 56.3 Å². The van der Waals surface area contributed by atoms with Crippen LogP contribution in [0, 0.1) is 0 Å². The van der Waals surface area contributed by atoms with Crippen molar-refractivity contribution in [1.29, 1.82) is 0 Å². The minimum Gasteiger partial charge on any atom is -0.496 e. The van der Waals surface area contributed by atoms with Gasteiger partial charge >= 0.3 is 0 Å². The predicted molar refractivity (Wildman–Crippen MR) is 102 cm³/mol. The van der Waals surface area contributed by atoms with Crippen molar-refractivity contribution in [2.24, 2.45) is 0 Å². The summed E-state index contributed by atoms with van der Waals surface area (Å²) < 4.78 is 22.0. The standard InChI is InChI=1S/C19H24N2O5S/c1-23-14-10-16(24-2)15(17(11-14)25-3)4-5-18(22)21-8-6-13(12-21)26-19-20-7-9-27-19/h7,9-11,13H,4-6,8,12H2,1-3H3. The predicted octanol–water partition coefficient (Wildman–Crippen LogP) is 2.78. The Balaban J connectivity index is 1.59. The third kappa shape index (κ3) is 4.63. The molecule has 1 aromatic carbocycles. The average molecular weight is 392 g/mol. The van der Waals surface area contributed by atoms with Gasteiger partial charge in [-0.05, 0) is 6.42 Å². The summed E-state index contributed by atoms with van der Waals surface area (Å²) in [5.41, 5.74) is 0.865. The van der Waals surface area contributed by atoms with Gasteiger partial charge in [0.2, 0.25) is 5.91 Å². The molecule has 1 atom stereocenters. The number of ether oxygens (including phenoxy) is 4. The van der Waals surface area contributed by atoms with E-state index in [1.807, 2.05) is 10.3 Å². The number of rotatable bonds is 8. The highest BCUT2D eigenvalue weighted by Crippen LogP contribution is 2.35. The number of carbonyl (C=O) groups is 1. The van der Waals surface area contributed by atoms with Gasteiger partial charge in [-0.1, -0.05) is 11.3 Å². The summed E-state index contributed by atoms with van der Waals surface area (Å²) in [5, 5.41) is 2.53. The first kappa shape index (κ1) is 19.3. The Kier molecular flexibility index (Phi) is 6.39. The first-order valence-corrected chi connectivity index (χ1v) is 9.65. The first-order chi connectivity index (χ1) is 13.1. The Morgan fingerprint density at radius 2 is 1.96 bits per heavy atom. The van der Waals surface area contributed by atoms with E-state index >= 15 is 0 Å². The van der Waals surface area contributed by atoms with Gasteiger partial charge in [-0.25, -0.2) is 4.98 Å². The molecule has 8 heteroatoms. The normalized spacial score (nSPS) is 16.3. The van der Waals surface area contributed by atoms with Gasteiger partial charge in [-0.15, -0.1) is 0 Å². The highest BCUT2D eigenvalue weighted by atomic mass is 32.1. The topological polar surface area (TPSA) is 70.1 Å². The van der Waals surface area contributed by atoms with E-state index in [1.165, 1.54) is 11.3 Å². The zero-order chi connectivity index (χ0) is 19.2. The average Bonchev–Trinajstić information content (AvgIpc) is 3.37. The minimum atomic E-state index is 0.00478. The van der Waals surface area contributed by atoms with Gasteiger partial charge in [0.25, 0.3) is 5.19 Å². The summed E-state index contributed by atoms with van der Waals surface area (Å²) in [7, 11) is 4.79. The van der Waals surface area contributed by atoms with Crippen LogP contribution in [-0.2, 0) is 11.2 Å². The molecule has 146 valence electrons. The van der Waals surface area contributed by atoms with Crippen molar-refractivity contribution >= 4 is 17.2 Å². The molecule has 27 heavy (non-hydrogen) atoms.